The molecule has 2 aromatic rings. The highest BCUT2D eigenvalue weighted by Crippen LogP contribution is 2.30. The summed E-state index contributed by atoms with van der Waals surface area (Å²) in [6, 6.07) is 12.0. The maximum atomic E-state index is 10.2. The molecule has 0 aliphatic heterocycles. The SMILES string of the molecule is Nc1ccc(Cl)c([C@@H](O)c2ccc(Cl)cc2)c1. The molecule has 0 unspecified atom stereocenters. The van der Waals surface area contributed by atoms with Gasteiger partial charge in [0, 0.05) is 21.3 Å². The lowest BCUT2D eigenvalue weighted by atomic mass is 10.0. The number of halogens is 2. The molecule has 0 aliphatic rings. The normalized spacial score (nSPS) is 12.4. The van der Waals surface area contributed by atoms with E-state index < -0.39 is 6.10 Å². The van der Waals surface area contributed by atoms with Crippen LogP contribution in [0.2, 0.25) is 10.0 Å². The first-order chi connectivity index (χ1) is 8.08. The van der Waals surface area contributed by atoms with Gasteiger partial charge >= 0.3 is 0 Å². The van der Waals surface area contributed by atoms with Crippen molar-refractivity contribution >= 4 is 28.9 Å². The van der Waals surface area contributed by atoms with Crippen LogP contribution in [0.4, 0.5) is 5.69 Å². The van der Waals surface area contributed by atoms with Crippen molar-refractivity contribution in [3.8, 4) is 0 Å². The van der Waals surface area contributed by atoms with Gasteiger partial charge in [-0.1, -0.05) is 35.3 Å². The van der Waals surface area contributed by atoms with E-state index in [1.165, 1.54) is 0 Å². The highest BCUT2D eigenvalue weighted by atomic mass is 35.5. The fourth-order valence-electron chi connectivity index (χ4n) is 1.60. The Morgan fingerprint density at radius 2 is 1.65 bits per heavy atom. The van der Waals surface area contributed by atoms with Crippen molar-refractivity contribution in [2.45, 2.75) is 6.10 Å². The molecule has 17 heavy (non-hydrogen) atoms. The summed E-state index contributed by atoms with van der Waals surface area (Å²) in [6.45, 7) is 0. The number of rotatable bonds is 2. The van der Waals surface area contributed by atoms with E-state index in [9.17, 15) is 5.11 Å². The molecule has 0 spiro atoms. The topological polar surface area (TPSA) is 46.2 Å². The second-order valence-corrected chi connectivity index (χ2v) is 4.58. The van der Waals surface area contributed by atoms with E-state index in [2.05, 4.69) is 0 Å². The Balaban J connectivity index is 2.39. The van der Waals surface area contributed by atoms with Crippen LogP contribution in [0.3, 0.4) is 0 Å². The molecule has 0 heterocycles. The Hall–Kier alpha value is -1.22. The van der Waals surface area contributed by atoms with Crippen molar-refractivity contribution in [2.75, 3.05) is 5.73 Å². The van der Waals surface area contributed by atoms with Crippen LogP contribution in [0.5, 0.6) is 0 Å². The Kier molecular flexibility index (Phi) is 3.57. The first kappa shape index (κ1) is 12.2. The molecule has 1 atom stereocenters. The average Bonchev–Trinajstić information content (AvgIpc) is 2.32. The molecule has 0 amide bonds. The maximum Gasteiger partial charge on any atom is 0.106 e. The number of aliphatic hydroxyl groups excluding tert-OH is 1. The fourth-order valence-corrected chi connectivity index (χ4v) is 1.94. The number of anilines is 1. The van der Waals surface area contributed by atoms with E-state index in [1.807, 2.05) is 0 Å². The molecule has 0 radical (unpaired) electrons. The molecule has 0 fully saturated rings. The Morgan fingerprint density at radius 1 is 1.00 bits per heavy atom. The van der Waals surface area contributed by atoms with Crippen LogP contribution in [0.1, 0.15) is 17.2 Å². The summed E-state index contributed by atoms with van der Waals surface area (Å²) >= 11 is 11.8. The quantitative estimate of drug-likeness (QED) is 0.816. The molecule has 2 aromatic carbocycles. The minimum Gasteiger partial charge on any atom is -0.399 e. The van der Waals surface area contributed by atoms with Crippen LogP contribution in [-0.2, 0) is 0 Å². The third-order valence-electron chi connectivity index (χ3n) is 2.50. The van der Waals surface area contributed by atoms with Gasteiger partial charge in [0.05, 0.1) is 0 Å². The summed E-state index contributed by atoms with van der Waals surface area (Å²) < 4.78 is 0. The number of aliphatic hydroxyl groups is 1. The van der Waals surface area contributed by atoms with E-state index >= 15 is 0 Å². The largest absolute Gasteiger partial charge is 0.399 e. The van der Waals surface area contributed by atoms with Gasteiger partial charge < -0.3 is 10.8 Å². The van der Waals surface area contributed by atoms with Crippen molar-refractivity contribution in [3.63, 3.8) is 0 Å². The van der Waals surface area contributed by atoms with Gasteiger partial charge in [0.1, 0.15) is 6.10 Å². The second kappa shape index (κ2) is 4.96. The molecule has 88 valence electrons. The molecule has 0 aromatic heterocycles. The van der Waals surface area contributed by atoms with Crippen LogP contribution >= 0.6 is 23.2 Å². The Bertz CT molecular complexity index is 525. The van der Waals surface area contributed by atoms with Gasteiger partial charge in [-0.2, -0.15) is 0 Å². The third kappa shape index (κ3) is 2.72. The molecule has 0 saturated heterocycles. The average molecular weight is 268 g/mol. The third-order valence-corrected chi connectivity index (χ3v) is 3.10. The van der Waals surface area contributed by atoms with Gasteiger partial charge in [-0.05, 0) is 35.9 Å². The predicted molar refractivity (Wildman–Crippen MR) is 71.4 cm³/mol. The van der Waals surface area contributed by atoms with E-state index in [-0.39, 0.29) is 0 Å². The number of nitrogens with two attached hydrogens (primary N) is 1. The zero-order chi connectivity index (χ0) is 12.4. The summed E-state index contributed by atoms with van der Waals surface area (Å²) in [5.41, 5.74) is 7.56. The lowest BCUT2D eigenvalue weighted by Crippen LogP contribution is -2.01. The molecule has 0 bridgehead atoms. The molecule has 2 nitrogen and oxygen atoms in total. The van der Waals surface area contributed by atoms with Gasteiger partial charge in [-0.25, -0.2) is 0 Å². The molecule has 0 aliphatic carbocycles. The summed E-state index contributed by atoms with van der Waals surface area (Å²) in [6.07, 6.45) is -0.803. The molecule has 2 rings (SSSR count). The van der Waals surface area contributed by atoms with E-state index in [1.54, 1.807) is 42.5 Å². The molecule has 0 saturated carbocycles. The standard InChI is InChI=1S/C13H11Cl2NO/c14-9-3-1-8(2-4-9)13(17)11-7-10(16)5-6-12(11)15/h1-7,13,17H,16H2/t13-/m0/s1. The van der Waals surface area contributed by atoms with Crippen LogP contribution < -0.4 is 5.73 Å². The second-order valence-electron chi connectivity index (χ2n) is 3.74. The number of nitrogen functional groups attached to an aromatic ring is 1. The Labute approximate surface area is 110 Å². The van der Waals surface area contributed by atoms with Gasteiger partial charge in [-0.15, -0.1) is 0 Å². The van der Waals surface area contributed by atoms with Crippen LogP contribution in [0.15, 0.2) is 42.5 Å². The molecule has 3 N–H and O–H groups in total. The van der Waals surface area contributed by atoms with E-state index in [0.717, 1.165) is 5.56 Å². The smallest absolute Gasteiger partial charge is 0.106 e. The van der Waals surface area contributed by atoms with Crippen molar-refractivity contribution in [2.24, 2.45) is 0 Å². The predicted octanol–water partition coefficient (Wildman–Crippen LogP) is 3.66. The van der Waals surface area contributed by atoms with Gasteiger partial charge in [0.2, 0.25) is 0 Å². The summed E-state index contributed by atoms with van der Waals surface area (Å²) in [4.78, 5) is 0. The van der Waals surface area contributed by atoms with Crippen molar-refractivity contribution in [1.82, 2.24) is 0 Å². The van der Waals surface area contributed by atoms with Gasteiger partial charge in [0.25, 0.3) is 0 Å². The number of benzene rings is 2. The summed E-state index contributed by atoms with van der Waals surface area (Å²) in [7, 11) is 0. The lowest BCUT2D eigenvalue weighted by Gasteiger charge is -2.13. The van der Waals surface area contributed by atoms with Crippen LogP contribution in [0.25, 0.3) is 0 Å². The minimum absolute atomic E-state index is 0.488. The van der Waals surface area contributed by atoms with Crippen LogP contribution in [-0.4, -0.2) is 5.11 Å². The van der Waals surface area contributed by atoms with Crippen molar-refractivity contribution in [1.29, 1.82) is 0 Å². The minimum atomic E-state index is -0.803. The highest BCUT2D eigenvalue weighted by molar-refractivity contribution is 6.31. The van der Waals surface area contributed by atoms with Gasteiger partial charge in [-0.3, -0.25) is 0 Å². The monoisotopic (exact) mass is 267 g/mol. The zero-order valence-corrected chi connectivity index (χ0v) is 10.4. The summed E-state index contributed by atoms with van der Waals surface area (Å²) in [5.74, 6) is 0. The number of hydrogen-bond acceptors (Lipinski definition) is 2. The maximum absolute atomic E-state index is 10.2. The highest BCUT2D eigenvalue weighted by Gasteiger charge is 2.14. The summed E-state index contributed by atoms with van der Waals surface area (Å²) in [5, 5.41) is 11.3. The first-order valence-electron chi connectivity index (χ1n) is 5.06. The molecular weight excluding hydrogens is 257 g/mol. The van der Waals surface area contributed by atoms with Crippen LogP contribution in [0, 0.1) is 0 Å². The van der Waals surface area contributed by atoms with E-state index in [0.29, 0.717) is 21.3 Å². The fraction of sp³-hybridized carbons (Fsp3) is 0.0769. The lowest BCUT2D eigenvalue weighted by molar-refractivity contribution is 0.220. The number of hydrogen-bond donors (Lipinski definition) is 2. The van der Waals surface area contributed by atoms with Crippen molar-refractivity contribution < 1.29 is 5.11 Å². The zero-order valence-electron chi connectivity index (χ0n) is 8.90. The van der Waals surface area contributed by atoms with Gasteiger partial charge in [0.15, 0.2) is 0 Å². The first-order valence-corrected chi connectivity index (χ1v) is 5.82. The Morgan fingerprint density at radius 3 is 2.29 bits per heavy atom. The molecule has 4 heteroatoms. The molecular formula is C13H11Cl2NO. The van der Waals surface area contributed by atoms with Crippen molar-refractivity contribution in [3.05, 3.63) is 63.6 Å². The van der Waals surface area contributed by atoms with E-state index in [4.69, 9.17) is 28.9 Å².